The van der Waals surface area contributed by atoms with E-state index in [1.807, 2.05) is 30.3 Å². The highest BCUT2D eigenvalue weighted by Gasteiger charge is 2.12. The molecule has 1 aromatic heterocycles. The van der Waals surface area contributed by atoms with Crippen molar-refractivity contribution >= 4 is 23.7 Å². The molecule has 0 saturated carbocycles. The number of anilines is 1. The van der Waals surface area contributed by atoms with Crippen molar-refractivity contribution < 1.29 is 9.53 Å². The molecule has 0 atom stereocenters. The maximum Gasteiger partial charge on any atom is 0.316 e. The molecule has 0 saturated heterocycles. The molecular weight excluding hydrogens is 264 g/mol. The highest BCUT2D eigenvalue weighted by Crippen LogP contribution is 2.19. The van der Waals surface area contributed by atoms with Crippen LogP contribution in [0.15, 0.2) is 35.5 Å². The van der Waals surface area contributed by atoms with Crippen molar-refractivity contribution in [3.8, 4) is 0 Å². The van der Waals surface area contributed by atoms with Gasteiger partial charge in [0, 0.05) is 0 Å². The average Bonchev–Trinajstić information content (AvgIpc) is 2.78. The second-order valence-electron chi connectivity index (χ2n) is 3.78. The lowest BCUT2D eigenvalue weighted by atomic mass is 10.2. The Labute approximate surface area is 115 Å². The standard InChI is InChI=1S/C12H14N4O2S/c1-18-10(17)8-19-12-15-14-11(13)16(12)7-9-5-3-2-4-6-9/h2-6H,7-8H2,1H3,(H2,13,14). The Hall–Kier alpha value is -2.02. The van der Waals surface area contributed by atoms with Gasteiger partial charge in [0.25, 0.3) is 0 Å². The Morgan fingerprint density at radius 1 is 1.37 bits per heavy atom. The van der Waals surface area contributed by atoms with E-state index in [4.69, 9.17) is 5.73 Å². The molecule has 0 bridgehead atoms. The average molecular weight is 278 g/mol. The van der Waals surface area contributed by atoms with Crippen molar-refractivity contribution in [1.29, 1.82) is 0 Å². The molecule has 0 spiro atoms. The van der Waals surface area contributed by atoms with Crippen LogP contribution in [-0.2, 0) is 16.1 Å². The summed E-state index contributed by atoms with van der Waals surface area (Å²) in [5, 5.41) is 8.40. The number of nitrogen functional groups attached to an aromatic ring is 1. The molecule has 0 amide bonds. The third-order valence-corrected chi connectivity index (χ3v) is 3.42. The molecule has 2 aromatic rings. The quantitative estimate of drug-likeness (QED) is 0.653. The summed E-state index contributed by atoms with van der Waals surface area (Å²) in [7, 11) is 1.35. The molecule has 6 nitrogen and oxygen atoms in total. The van der Waals surface area contributed by atoms with Gasteiger partial charge in [-0.2, -0.15) is 0 Å². The molecule has 1 heterocycles. The summed E-state index contributed by atoms with van der Waals surface area (Å²) in [4.78, 5) is 11.1. The Morgan fingerprint density at radius 2 is 2.11 bits per heavy atom. The third-order valence-electron chi connectivity index (χ3n) is 2.48. The maximum absolute atomic E-state index is 11.1. The molecule has 7 heteroatoms. The van der Waals surface area contributed by atoms with Gasteiger partial charge in [0.1, 0.15) is 0 Å². The van der Waals surface area contributed by atoms with Crippen LogP contribution in [0, 0.1) is 0 Å². The largest absolute Gasteiger partial charge is 0.468 e. The Bertz CT molecular complexity index is 556. The van der Waals surface area contributed by atoms with E-state index in [0.29, 0.717) is 17.6 Å². The Balaban J connectivity index is 2.11. The van der Waals surface area contributed by atoms with Gasteiger partial charge in [-0.3, -0.25) is 9.36 Å². The van der Waals surface area contributed by atoms with E-state index in [0.717, 1.165) is 5.56 Å². The second kappa shape index (κ2) is 6.24. The summed E-state index contributed by atoms with van der Waals surface area (Å²) >= 11 is 1.25. The first-order chi connectivity index (χ1) is 9.20. The van der Waals surface area contributed by atoms with Crippen LogP contribution in [0.25, 0.3) is 0 Å². The van der Waals surface area contributed by atoms with Gasteiger partial charge in [0.15, 0.2) is 5.16 Å². The molecule has 0 aliphatic heterocycles. The number of nitrogens with two attached hydrogens (primary N) is 1. The van der Waals surface area contributed by atoms with Crippen molar-refractivity contribution in [3.05, 3.63) is 35.9 Å². The summed E-state index contributed by atoms with van der Waals surface area (Å²) in [6, 6.07) is 9.85. The smallest absolute Gasteiger partial charge is 0.316 e. The fraction of sp³-hybridized carbons (Fsp3) is 0.250. The molecule has 1 aromatic carbocycles. The van der Waals surface area contributed by atoms with E-state index < -0.39 is 0 Å². The van der Waals surface area contributed by atoms with Gasteiger partial charge in [0.05, 0.1) is 19.4 Å². The summed E-state index contributed by atoms with van der Waals surface area (Å²) in [6.45, 7) is 0.573. The summed E-state index contributed by atoms with van der Waals surface area (Å²) in [6.07, 6.45) is 0. The molecule has 19 heavy (non-hydrogen) atoms. The minimum absolute atomic E-state index is 0.184. The highest BCUT2D eigenvalue weighted by atomic mass is 32.2. The fourth-order valence-corrected chi connectivity index (χ4v) is 2.28. The van der Waals surface area contributed by atoms with E-state index in [9.17, 15) is 4.79 Å². The predicted molar refractivity (Wildman–Crippen MR) is 72.7 cm³/mol. The Kier molecular flexibility index (Phi) is 4.40. The minimum Gasteiger partial charge on any atom is -0.468 e. The number of ether oxygens (including phenoxy) is 1. The van der Waals surface area contributed by atoms with Crippen molar-refractivity contribution in [1.82, 2.24) is 14.8 Å². The zero-order valence-corrected chi connectivity index (χ0v) is 11.3. The van der Waals surface area contributed by atoms with Crippen molar-refractivity contribution in [3.63, 3.8) is 0 Å². The van der Waals surface area contributed by atoms with Gasteiger partial charge in [-0.1, -0.05) is 42.1 Å². The topological polar surface area (TPSA) is 83.0 Å². The molecule has 0 fully saturated rings. The number of carbonyl (C=O) groups excluding carboxylic acids is 1. The van der Waals surface area contributed by atoms with Gasteiger partial charge >= 0.3 is 5.97 Å². The number of benzene rings is 1. The number of thioether (sulfide) groups is 1. The first-order valence-corrected chi connectivity index (χ1v) is 6.61. The normalized spacial score (nSPS) is 10.4. The SMILES string of the molecule is COC(=O)CSc1nnc(N)n1Cc1ccccc1. The number of methoxy groups -OCH3 is 1. The fourth-order valence-electron chi connectivity index (χ4n) is 1.50. The van der Waals surface area contributed by atoms with Gasteiger partial charge in [-0.15, -0.1) is 10.2 Å². The molecule has 0 aliphatic carbocycles. The van der Waals surface area contributed by atoms with Crippen LogP contribution in [0.2, 0.25) is 0 Å². The molecule has 0 unspecified atom stereocenters. The highest BCUT2D eigenvalue weighted by molar-refractivity contribution is 7.99. The first-order valence-electron chi connectivity index (χ1n) is 5.63. The molecule has 0 aliphatic rings. The van der Waals surface area contributed by atoms with Crippen LogP contribution in [-0.4, -0.2) is 33.6 Å². The minimum atomic E-state index is -0.308. The van der Waals surface area contributed by atoms with Gasteiger partial charge < -0.3 is 10.5 Å². The third kappa shape index (κ3) is 3.47. The second-order valence-corrected chi connectivity index (χ2v) is 4.72. The lowest BCUT2D eigenvalue weighted by molar-refractivity contribution is -0.137. The number of nitrogens with zero attached hydrogens (tertiary/aromatic N) is 3. The van der Waals surface area contributed by atoms with Gasteiger partial charge in [-0.25, -0.2) is 0 Å². The van der Waals surface area contributed by atoms with Crippen LogP contribution >= 0.6 is 11.8 Å². The van der Waals surface area contributed by atoms with Crippen molar-refractivity contribution in [2.45, 2.75) is 11.7 Å². The lowest BCUT2D eigenvalue weighted by Gasteiger charge is -2.07. The number of rotatable bonds is 5. The number of hydrogen-bond acceptors (Lipinski definition) is 6. The van der Waals surface area contributed by atoms with E-state index in [2.05, 4.69) is 14.9 Å². The van der Waals surface area contributed by atoms with E-state index in [1.165, 1.54) is 18.9 Å². The molecule has 2 rings (SSSR count). The lowest BCUT2D eigenvalue weighted by Crippen LogP contribution is -2.08. The molecule has 0 radical (unpaired) electrons. The zero-order valence-electron chi connectivity index (χ0n) is 10.4. The van der Waals surface area contributed by atoms with Crippen LogP contribution in [0.3, 0.4) is 0 Å². The van der Waals surface area contributed by atoms with Crippen molar-refractivity contribution in [2.24, 2.45) is 0 Å². The van der Waals surface area contributed by atoms with E-state index in [1.54, 1.807) is 4.57 Å². The number of hydrogen-bond donors (Lipinski definition) is 1. The summed E-state index contributed by atoms with van der Waals surface area (Å²) in [5.74, 6) is 0.206. The van der Waals surface area contributed by atoms with E-state index in [-0.39, 0.29) is 11.7 Å². The molecule has 2 N–H and O–H groups in total. The summed E-state index contributed by atoms with van der Waals surface area (Å²) < 4.78 is 6.36. The monoisotopic (exact) mass is 278 g/mol. The number of esters is 1. The summed E-state index contributed by atoms with van der Waals surface area (Å²) in [5.41, 5.74) is 6.88. The van der Waals surface area contributed by atoms with Crippen molar-refractivity contribution in [2.75, 3.05) is 18.6 Å². The van der Waals surface area contributed by atoms with Crippen LogP contribution < -0.4 is 5.73 Å². The van der Waals surface area contributed by atoms with Gasteiger partial charge in [0.2, 0.25) is 5.95 Å². The predicted octanol–water partition coefficient (Wildman–Crippen LogP) is 1.17. The maximum atomic E-state index is 11.1. The number of carbonyl (C=O) groups is 1. The van der Waals surface area contributed by atoms with Gasteiger partial charge in [-0.05, 0) is 5.56 Å². The van der Waals surface area contributed by atoms with Crippen LogP contribution in [0.1, 0.15) is 5.56 Å². The van der Waals surface area contributed by atoms with Crippen LogP contribution in [0.4, 0.5) is 5.95 Å². The van der Waals surface area contributed by atoms with Crippen LogP contribution in [0.5, 0.6) is 0 Å². The zero-order chi connectivity index (χ0) is 13.7. The Morgan fingerprint density at radius 3 is 2.79 bits per heavy atom. The molecule has 100 valence electrons. The first kappa shape index (κ1) is 13.4. The molecular formula is C12H14N4O2S. The van der Waals surface area contributed by atoms with E-state index >= 15 is 0 Å². The number of aromatic nitrogens is 3.